The summed E-state index contributed by atoms with van der Waals surface area (Å²) in [7, 11) is 0. The molecule has 0 saturated carbocycles. The standard InChI is InChI=1S/C11H13NS.C3H6.2C2H6/c1-3-12-10(2)9-13-11-7-5-4-6-8-11;1-3-2;2*1-2/h3-8H,1,9H2,2H3;3H,1H2,2H3;2*1-2H3. The van der Waals surface area contributed by atoms with Crippen LogP contribution in [0.2, 0.25) is 0 Å². The number of hydrogen-bond acceptors (Lipinski definition) is 2. The first kappa shape index (κ1) is 23.8. The molecule has 0 aliphatic carbocycles. The first-order valence-corrected chi connectivity index (χ1v) is 8.12. The Labute approximate surface area is 130 Å². The molecule has 0 fully saturated rings. The third-order valence-corrected chi connectivity index (χ3v) is 2.67. The molecule has 0 amide bonds. The normalized spacial score (nSPS) is 8.60. The smallest absolute Gasteiger partial charge is 0.0363 e. The molecule has 1 aromatic rings. The third-order valence-electron chi connectivity index (χ3n) is 1.50. The molecule has 0 N–H and O–H groups in total. The van der Waals surface area contributed by atoms with Gasteiger partial charge in [-0.3, -0.25) is 4.99 Å². The van der Waals surface area contributed by atoms with Gasteiger partial charge in [0.05, 0.1) is 0 Å². The van der Waals surface area contributed by atoms with Gasteiger partial charge < -0.3 is 0 Å². The van der Waals surface area contributed by atoms with E-state index in [0.29, 0.717) is 0 Å². The van der Waals surface area contributed by atoms with Gasteiger partial charge in [-0.05, 0) is 26.0 Å². The molecule has 0 unspecified atom stereocenters. The summed E-state index contributed by atoms with van der Waals surface area (Å²) in [6.45, 7) is 18.8. The van der Waals surface area contributed by atoms with Crippen LogP contribution in [-0.4, -0.2) is 11.5 Å². The quantitative estimate of drug-likeness (QED) is 0.345. The van der Waals surface area contributed by atoms with Crippen molar-refractivity contribution in [2.24, 2.45) is 4.99 Å². The molecule has 0 radical (unpaired) electrons. The second-order valence-electron chi connectivity index (χ2n) is 3.06. The maximum Gasteiger partial charge on any atom is 0.0363 e. The maximum atomic E-state index is 4.10. The molecule has 0 bridgehead atoms. The Morgan fingerprint density at radius 1 is 1.10 bits per heavy atom. The van der Waals surface area contributed by atoms with E-state index in [9.17, 15) is 0 Å². The van der Waals surface area contributed by atoms with Crippen LogP contribution in [0.3, 0.4) is 0 Å². The van der Waals surface area contributed by atoms with E-state index in [1.807, 2.05) is 59.7 Å². The van der Waals surface area contributed by atoms with Crippen LogP contribution in [0.5, 0.6) is 0 Å². The van der Waals surface area contributed by atoms with Crippen molar-refractivity contribution in [1.29, 1.82) is 0 Å². The van der Waals surface area contributed by atoms with Crippen molar-refractivity contribution in [2.75, 3.05) is 5.75 Å². The average molecular weight is 294 g/mol. The summed E-state index contributed by atoms with van der Waals surface area (Å²) >= 11 is 1.79. The van der Waals surface area contributed by atoms with Crippen LogP contribution < -0.4 is 0 Å². The molecule has 0 saturated heterocycles. The van der Waals surface area contributed by atoms with Crippen molar-refractivity contribution >= 4 is 17.5 Å². The summed E-state index contributed by atoms with van der Waals surface area (Å²) < 4.78 is 0. The Kier molecular flexibility index (Phi) is 27.2. The zero-order chi connectivity index (χ0) is 16.2. The number of allylic oxidation sites excluding steroid dienone is 1. The highest BCUT2D eigenvalue weighted by molar-refractivity contribution is 8.00. The molecular formula is C18H31NS. The predicted molar refractivity (Wildman–Crippen MR) is 99.0 cm³/mol. The number of benzene rings is 1. The van der Waals surface area contributed by atoms with Crippen LogP contribution in [0.15, 0.2) is 65.7 Å². The SMILES string of the molecule is C=CC.C=CN=C(C)CSc1ccccc1.CC.CC. The lowest BCUT2D eigenvalue weighted by Crippen LogP contribution is -1.93. The minimum atomic E-state index is 0.927. The van der Waals surface area contributed by atoms with Gasteiger partial charge in [-0.25, -0.2) is 0 Å². The van der Waals surface area contributed by atoms with Crippen molar-refractivity contribution in [2.45, 2.75) is 46.4 Å². The lowest BCUT2D eigenvalue weighted by molar-refractivity contribution is 1.45. The van der Waals surface area contributed by atoms with E-state index in [1.165, 1.54) is 4.90 Å². The van der Waals surface area contributed by atoms with E-state index in [4.69, 9.17) is 0 Å². The van der Waals surface area contributed by atoms with Crippen LogP contribution >= 0.6 is 11.8 Å². The van der Waals surface area contributed by atoms with Crippen LogP contribution in [-0.2, 0) is 0 Å². The molecule has 1 rings (SSSR count). The highest BCUT2D eigenvalue weighted by Crippen LogP contribution is 2.16. The maximum absolute atomic E-state index is 4.10. The highest BCUT2D eigenvalue weighted by atomic mass is 32.2. The van der Waals surface area contributed by atoms with Gasteiger partial charge in [-0.1, -0.05) is 58.5 Å². The summed E-state index contributed by atoms with van der Waals surface area (Å²) in [6.07, 6.45) is 3.33. The third kappa shape index (κ3) is 19.1. The summed E-state index contributed by atoms with van der Waals surface area (Å²) in [5.74, 6) is 0.927. The number of aliphatic imine (C=N–C) groups is 1. The average Bonchev–Trinajstić information content (AvgIpc) is 2.51. The van der Waals surface area contributed by atoms with Crippen molar-refractivity contribution in [3.05, 3.63) is 55.8 Å². The zero-order valence-electron chi connectivity index (χ0n) is 14.0. The lowest BCUT2D eigenvalue weighted by Gasteiger charge is -1.99. The monoisotopic (exact) mass is 293 g/mol. The van der Waals surface area contributed by atoms with Crippen molar-refractivity contribution < 1.29 is 0 Å². The zero-order valence-corrected chi connectivity index (χ0v) is 14.8. The van der Waals surface area contributed by atoms with Crippen LogP contribution in [0.4, 0.5) is 0 Å². The van der Waals surface area contributed by atoms with Gasteiger partial charge in [-0.2, -0.15) is 0 Å². The number of nitrogens with zero attached hydrogens (tertiary/aromatic N) is 1. The molecule has 0 aromatic heterocycles. The molecular weight excluding hydrogens is 262 g/mol. The largest absolute Gasteiger partial charge is 0.266 e. The Morgan fingerprint density at radius 2 is 1.55 bits per heavy atom. The van der Waals surface area contributed by atoms with Crippen LogP contribution in [0.1, 0.15) is 41.5 Å². The molecule has 1 nitrogen and oxygen atoms in total. The van der Waals surface area contributed by atoms with Gasteiger partial charge in [0.1, 0.15) is 0 Å². The molecule has 114 valence electrons. The van der Waals surface area contributed by atoms with Gasteiger partial charge in [0.2, 0.25) is 0 Å². The summed E-state index contributed by atoms with van der Waals surface area (Å²) in [4.78, 5) is 5.38. The lowest BCUT2D eigenvalue weighted by atomic mass is 10.4. The van der Waals surface area contributed by atoms with Crippen molar-refractivity contribution in [3.63, 3.8) is 0 Å². The van der Waals surface area contributed by atoms with Gasteiger partial charge in [0.15, 0.2) is 0 Å². The molecule has 1 aromatic carbocycles. The molecule has 0 spiro atoms. The second-order valence-corrected chi connectivity index (χ2v) is 4.11. The number of rotatable bonds is 4. The van der Waals surface area contributed by atoms with E-state index in [-0.39, 0.29) is 0 Å². The molecule has 0 aliphatic rings. The fourth-order valence-corrected chi connectivity index (χ4v) is 1.70. The fraction of sp³-hybridized carbons (Fsp3) is 0.389. The topological polar surface area (TPSA) is 12.4 Å². The Balaban J connectivity index is -0.000000355. The minimum absolute atomic E-state index is 0.927. The fourth-order valence-electron chi connectivity index (χ4n) is 0.898. The Hall–Kier alpha value is -1.28. The Morgan fingerprint density at radius 3 is 1.95 bits per heavy atom. The van der Waals surface area contributed by atoms with Crippen LogP contribution in [0.25, 0.3) is 0 Å². The number of thioether (sulfide) groups is 1. The van der Waals surface area contributed by atoms with Crippen molar-refractivity contribution in [1.82, 2.24) is 0 Å². The first-order chi connectivity index (χ1) is 9.74. The van der Waals surface area contributed by atoms with E-state index in [1.54, 1.807) is 24.0 Å². The minimum Gasteiger partial charge on any atom is -0.266 e. The van der Waals surface area contributed by atoms with Crippen molar-refractivity contribution in [3.8, 4) is 0 Å². The summed E-state index contributed by atoms with van der Waals surface area (Å²) in [5, 5.41) is 0. The summed E-state index contributed by atoms with van der Waals surface area (Å²) in [6, 6.07) is 10.3. The van der Waals surface area contributed by atoms with E-state index in [0.717, 1.165) is 11.5 Å². The molecule has 2 heteroatoms. The van der Waals surface area contributed by atoms with Gasteiger partial charge in [0.25, 0.3) is 0 Å². The van der Waals surface area contributed by atoms with Gasteiger partial charge in [-0.15, -0.1) is 18.3 Å². The van der Waals surface area contributed by atoms with E-state index >= 15 is 0 Å². The summed E-state index contributed by atoms with van der Waals surface area (Å²) in [5.41, 5.74) is 1.10. The molecule has 0 atom stereocenters. The number of hydrogen-bond donors (Lipinski definition) is 0. The highest BCUT2D eigenvalue weighted by Gasteiger charge is 1.93. The van der Waals surface area contributed by atoms with Crippen LogP contribution in [0, 0.1) is 0 Å². The molecule has 20 heavy (non-hydrogen) atoms. The van der Waals surface area contributed by atoms with Gasteiger partial charge in [0, 0.05) is 22.6 Å². The first-order valence-electron chi connectivity index (χ1n) is 7.13. The molecule has 0 heterocycles. The van der Waals surface area contributed by atoms with Gasteiger partial charge >= 0.3 is 0 Å². The Bertz CT molecular complexity index is 329. The van der Waals surface area contributed by atoms with E-state index in [2.05, 4.69) is 30.3 Å². The predicted octanol–water partition coefficient (Wildman–Crippen LogP) is 6.63. The second kappa shape index (κ2) is 22.9. The molecule has 0 aliphatic heterocycles. The van der Waals surface area contributed by atoms with E-state index < -0.39 is 0 Å².